The summed E-state index contributed by atoms with van der Waals surface area (Å²) in [6, 6.07) is 13.1. The summed E-state index contributed by atoms with van der Waals surface area (Å²) in [5.74, 6) is 0.794. The zero-order chi connectivity index (χ0) is 13.0. The third-order valence-electron chi connectivity index (χ3n) is 2.84. The van der Waals surface area contributed by atoms with Gasteiger partial charge in [0.25, 0.3) is 0 Å². The van der Waals surface area contributed by atoms with Crippen molar-refractivity contribution in [2.75, 3.05) is 0 Å². The largest absolute Gasteiger partial charge is 0.623 e. The van der Waals surface area contributed by atoms with Gasteiger partial charge in [0.05, 0.1) is 6.26 Å². The zero-order valence-electron chi connectivity index (χ0n) is 10.6. The van der Waals surface area contributed by atoms with Crippen molar-refractivity contribution >= 4 is 6.21 Å². The maximum Gasteiger partial charge on any atom is 0.218 e. The van der Waals surface area contributed by atoms with Crippen molar-refractivity contribution in [2.45, 2.75) is 19.9 Å². The predicted octanol–water partition coefficient (Wildman–Crippen LogP) is 3.61. The fraction of sp³-hybridized carbons (Fsp3) is 0.267. The van der Waals surface area contributed by atoms with E-state index in [1.54, 1.807) is 18.4 Å². The van der Waals surface area contributed by atoms with E-state index in [2.05, 4.69) is 0 Å². The van der Waals surface area contributed by atoms with Gasteiger partial charge in [0.15, 0.2) is 11.8 Å². The molecule has 0 aliphatic rings. The van der Waals surface area contributed by atoms with E-state index in [9.17, 15) is 5.21 Å². The van der Waals surface area contributed by atoms with Gasteiger partial charge in [0, 0.05) is 11.5 Å². The predicted molar refractivity (Wildman–Crippen MR) is 71.5 cm³/mol. The van der Waals surface area contributed by atoms with E-state index in [1.807, 2.05) is 44.2 Å². The quantitative estimate of drug-likeness (QED) is 0.356. The van der Waals surface area contributed by atoms with Gasteiger partial charge in [-0.3, -0.25) is 0 Å². The molecule has 0 spiro atoms. The summed E-state index contributed by atoms with van der Waals surface area (Å²) < 4.78 is 6.14. The molecule has 0 fully saturated rings. The summed E-state index contributed by atoms with van der Waals surface area (Å²) >= 11 is 0. The van der Waals surface area contributed by atoms with E-state index in [-0.39, 0.29) is 12.0 Å². The van der Waals surface area contributed by atoms with Gasteiger partial charge in [0.1, 0.15) is 0 Å². The molecule has 94 valence electrons. The summed E-state index contributed by atoms with van der Waals surface area (Å²) in [5, 5.41) is 12.3. The number of rotatable bonds is 4. The summed E-state index contributed by atoms with van der Waals surface area (Å²) in [4.78, 5) is 0. The van der Waals surface area contributed by atoms with Crippen molar-refractivity contribution in [3.63, 3.8) is 0 Å². The highest BCUT2D eigenvalue weighted by Crippen LogP contribution is 2.24. The van der Waals surface area contributed by atoms with Gasteiger partial charge in [-0.2, -0.15) is 0 Å². The topological polar surface area (TPSA) is 39.2 Å². The number of hydrogen-bond acceptors (Lipinski definition) is 2. The minimum Gasteiger partial charge on any atom is -0.623 e. The maximum atomic E-state index is 12.3. The Bertz CT molecular complexity index is 501. The third kappa shape index (κ3) is 2.80. The lowest BCUT2D eigenvalue weighted by Gasteiger charge is -2.20. The Morgan fingerprint density at radius 2 is 1.83 bits per heavy atom. The second-order valence-corrected chi connectivity index (χ2v) is 4.60. The van der Waals surface area contributed by atoms with Crippen LogP contribution in [0.5, 0.6) is 0 Å². The van der Waals surface area contributed by atoms with E-state index < -0.39 is 0 Å². The van der Waals surface area contributed by atoms with Gasteiger partial charge in [-0.15, -0.1) is 0 Å². The summed E-state index contributed by atoms with van der Waals surface area (Å²) in [6.07, 6.45) is 3.06. The van der Waals surface area contributed by atoms with Crippen LogP contribution < -0.4 is 0 Å². The Hall–Kier alpha value is -2.03. The van der Waals surface area contributed by atoms with E-state index in [4.69, 9.17) is 4.42 Å². The molecule has 1 atom stereocenters. The minimum atomic E-state index is -0.198. The van der Waals surface area contributed by atoms with Gasteiger partial charge >= 0.3 is 0 Å². The van der Waals surface area contributed by atoms with Crippen LogP contribution in [0.15, 0.2) is 53.1 Å². The van der Waals surface area contributed by atoms with Crippen LogP contribution in [0.4, 0.5) is 0 Å². The first-order chi connectivity index (χ1) is 8.68. The molecule has 0 saturated carbocycles. The molecule has 0 aliphatic heterocycles. The maximum absolute atomic E-state index is 12.3. The molecule has 1 aromatic heterocycles. The van der Waals surface area contributed by atoms with Crippen molar-refractivity contribution in [3.8, 4) is 0 Å². The number of benzene rings is 1. The van der Waals surface area contributed by atoms with Gasteiger partial charge in [-0.05, 0) is 12.1 Å². The molecule has 0 bridgehead atoms. The van der Waals surface area contributed by atoms with Crippen LogP contribution >= 0.6 is 0 Å². The standard InChI is InChI=1S/C15H17NO2/c1-12(2)15(13-7-4-3-5-8-13)16(17)11-14-9-6-10-18-14/h3-12,15H,1-2H3/b16-11-/t15-/m0/s1. The van der Waals surface area contributed by atoms with Crippen molar-refractivity contribution in [1.29, 1.82) is 0 Å². The van der Waals surface area contributed by atoms with Crippen LogP contribution in [0, 0.1) is 11.1 Å². The Labute approximate surface area is 107 Å². The smallest absolute Gasteiger partial charge is 0.218 e. The van der Waals surface area contributed by atoms with Crippen molar-refractivity contribution in [1.82, 2.24) is 0 Å². The number of nitrogens with zero attached hydrogens (tertiary/aromatic N) is 1. The molecule has 2 aromatic rings. The third-order valence-corrected chi connectivity index (χ3v) is 2.84. The Balaban J connectivity index is 2.32. The molecule has 1 aromatic carbocycles. The van der Waals surface area contributed by atoms with E-state index >= 15 is 0 Å². The van der Waals surface area contributed by atoms with Crippen LogP contribution in [0.2, 0.25) is 0 Å². The number of hydroxylamine groups is 1. The first-order valence-electron chi connectivity index (χ1n) is 6.07. The molecule has 0 amide bonds. The lowest BCUT2D eigenvalue weighted by atomic mass is 9.96. The van der Waals surface area contributed by atoms with Gasteiger partial charge < -0.3 is 9.62 Å². The highest BCUT2D eigenvalue weighted by Gasteiger charge is 2.23. The number of furan rings is 1. The molecular formula is C15H17NO2. The molecule has 0 unspecified atom stereocenters. The van der Waals surface area contributed by atoms with Gasteiger partial charge in [0.2, 0.25) is 6.21 Å². The molecule has 2 rings (SSSR count). The average molecular weight is 243 g/mol. The number of hydrogen-bond donors (Lipinski definition) is 0. The first kappa shape index (κ1) is 12.4. The Morgan fingerprint density at radius 1 is 1.11 bits per heavy atom. The van der Waals surface area contributed by atoms with Crippen molar-refractivity contribution < 1.29 is 9.16 Å². The van der Waals surface area contributed by atoms with Gasteiger partial charge in [-0.25, -0.2) is 4.74 Å². The Kier molecular flexibility index (Phi) is 3.82. The van der Waals surface area contributed by atoms with Crippen LogP contribution in [0.1, 0.15) is 31.2 Å². The van der Waals surface area contributed by atoms with Crippen LogP contribution in [0.25, 0.3) is 0 Å². The van der Waals surface area contributed by atoms with Crippen molar-refractivity contribution in [2.24, 2.45) is 5.92 Å². The fourth-order valence-corrected chi connectivity index (χ4v) is 2.05. The summed E-state index contributed by atoms with van der Waals surface area (Å²) in [6.45, 7) is 4.08. The van der Waals surface area contributed by atoms with Crippen LogP contribution in [0.3, 0.4) is 0 Å². The second kappa shape index (κ2) is 5.54. The summed E-state index contributed by atoms with van der Waals surface area (Å²) in [7, 11) is 0. The average Bonchev–Trinajstić information content (AvgIpc) is 2.83. The molecule has 3 nitrogen and oxygen atoms in total. The van der Waals surface area contributed by atoms with Crippen LogP contribution in [-0.2, 0) is 0 Å². The Morgan fingerprint density at radius 3 is 2.39 bits per heavy atom. The first-order valence-corrected chi connectivity index (χ1v) is 6.07. The fourth-order valence-electron chi connectivity index (χ4n) is 2.05. The normalized spacial score (nSPS) is 13.8. The zero-order valence-corrected chi connectivity index (χ0v) is 10.6. The molecule has 0 aliphatic carbocycles. The molecule has 1 heterocycles. The minimum absolute atomic E-state index is 0.198. The summed E-state index contributed by atoms with van der Waals surface area (Å²) in [5.41, 5.74) is 1.02. The molecule has 0 saturated heterocycles. The molecule has 18 heavy (non-hydrogen) atoms. The van der Waals surface area contributed by atoms with E-state index in [0.29, 0.717) is 5.76 Å². The monoisotopic (exact) mass is 243 g/mol. The highest BCUT2D eigenvalue weighted by atomic mass is 16.5. The second-order valence-electron chi connectivity index (χ2n) is 4.60. The van der Waals surface area contributed by atoms with E-state index in [1.165, 1.54) is 6.21 Å². The van der Waals surface area contributed by atoms with Crippen LogP contribution in [-0.4, -0.2) is 11.0 Å². The lowest BCUT2D eigenvalue weighted by Crippen LogP contribution is -2.20. The molecule has 0 N–H and O–H groups in total. The van der Waals surface area contributed by atoms with Crippen molar-refractivity contribution in [3.05, 3.63) is 65.3 Å². The SMILES string of the molecule is CC(C)[C@@H](c1ccccc1)/[N+]([O-])=C/c1ccco1. The molecular weight excluding hydrogens is 226 g/mol. The van der Waals surface area contributed by atoms with Gasteiger partial charge in [-0.1, -0.05) is 44.2 Å². The molecule has 3 heteroatoms. The van der Waals surface area contributed by atoms with E-state index in [0.717, 1.165) is 10.3 Å². The lowest BCUT2D eigenvalue weighted by molar-refractivity contribution is -0.512. The highest BCUT2D eigenvalue weighted by molar-refractivity contribution is 5.71. The molecule has 0 radical (unpaired) electrons.